The Morgan fingerprint density at radius 3 is 0.854 bits per heavy atom. The molecule has 0 saturated heterocycles. The molecule has 0 spiro atoms. The molecule has 668 valence electrons. The van der Waals surface area contributed by atoms with Crippen LogP contribution in [0, 0.1) is 107 Å². The van der Waals surface area contributed by atoms with Crippen molar-refractivity contribution in [2.24, 2.45) is 52.0 Å². The van der Waals surface area contributed by atoms with Crippen molar-refractivity contribution in [1.29, 1.82) is 0 Å². The number of hydrogen-bond acceptors (Lipinski definition) is 0. The molecular formula is C125H148N5+5. The molecule has 1 saturated carbocycles. The van der Waals surface area contributed by atoms with E-state index in [2.05, 4.69) is 503 Å². The van der Waals surface area contributed by atoms with Gasteiger partial charge in [0.15, 0.2) is 31.0 Å². The van der Waals surface area contributed by atoms with Crippen LogP contribution >= 0.6 is 0 Å². The number of aromatic nitrogens is 5. The van der Waals surface area contributed by atoms with E-state index in [1.807, 2.05) is 0 Å². The minimum absolute atomic E-state index is 0.291. The second-order valence-corrected chi connectivity index (χ2v) is 40.8. The van der Waals surface area contributed by atoms with Gasteiger partial charge in [0.2, 0.25) is 28.5 Å². The summed E-state index contributed by atoms with van der Waals surface area (Å²) in [4.78, 5) is 0. The second-order valence-electron chi connectivity index (χ2n) is 40.8. The number of pyridine rings is 5. The standard InChI is InChI=1S/C26H32N.C25H28N.2C25H30N.C24H28N/c1-18-14-25(27(7)17-22(18)16-26(4,5)6)24-15-23(19(2)13-20(24)3)21-11-9-8-10-12-21;1-18-13-14-22(20-9-5-4-6-10-20)16-23(18)25-15-19(2)24(17-26(25)3)21-11-7-8-12-21;1-17(2)12-22-16-26(6)25(14-18(22)3)24-15-23(19(4)13-20(24)5)21-10-8-7-9-11-21;1-18-12-13-21(20-10-8-7-9-11-20)15-23(18)24-14-19(2)22(17-26(24)6)16-25(3,4)5;1-16(2)23-15-25(6)24(13-19(23)5)22-14-21(17(3)12-18(22)4)20-10-8-7-9-11-20/h8-15,17H,16H2,1-7H3;4-6,9-10,13-17,21H,7-8,11-12H2,1-3H3;7-11,13-17H,12H2,1-6H3;7-15,17H,16H2,1-6H3;7-16H,1-6H3/q5*+1. The van der Waals surface area contributed by atoms with Crippen molar-refractivity contribution in [3.8, 4) is 112 Å². The maximum atomic E-state index is 2.39. The van der Waals surface area contributed by atoms with E-state index in [-0.39, 0.29) is 0 Å². The molecule has 1 aliphatic carbocycles. The van der Waals surface area contributed by atoms with Crippen molar-refractivity contribution in [3.05, 3.63) is 386 Å². The second kappa shape index (κ2) is 42.7. The predicted molar refractivity (Wildman–Crippen MR) is 554 cm³/mol. The molecule has 5 nitrogen and oxygen atoms in total. The van der Waals surface area contributed by atoms with Crippen molar-refractivity contribution in [3.63, 3.8) is 0 Å². The maximum absolute atomic E-state index is 2.39. The summed E-state index contributed by atoms with van der Waals surface area (Å²) in [5.74, 6) is 1.97. The van der Waals surface area contributed by atoms with Gasteiger partial charge < -0.3 is 0 Å². The Kier molecular flexibility index (Phi) is 31.8. The molecule has 0 bridgehead atoms. The highest BCUT2D eigenvalue weighted by Crippen LogP contribution is 2.41. The summed E-state index contributed by atoms with van der Waals surface area (Å²) in [5, 5.41) is 0. The van der Waals surface area contributed by atoms with Crippen LogP contribution in [0.25, 0.3) is 112 Å². The highest BCUT2D eigenvalue weighted by Gasteiger charge is 2.28. The zero-order chi connectivity index (χ0) is 93.7. The average molecular weight is 1720 g/mol. The Bertz CT molecular complexity index is 6440. The van der Waals surface area contributed by atoms with E-state index < -0.39 is 0 Å². The molecule has 5 aromatic heterocycles. The molecule has 5 heteroatoms. The number of hydrogen-bond donors (Lipinski definition) is 0. The molecule has 0 N–H and O–H groups in total. The first kappa shape index (κ1) is 97.0. The lowest BCUT2D eigenvalue weighted by molar-refractivity contribution is -0.661. The van der Waals surface area contributed by atoms with Crippen LogP contribution in [-0.2, 0) is 54.5 Å². The quantitative estimate of drug-likeness (QED) is 0.0859. The fraction of sp³-hybridized carbons (Fsp3) is 0.320. The molecule has 5 heterocycles. The van der Waals surface area contributed by atoms with Gasteiger partial charge in [-0.3, -0.25) is 0 Å². The third-order valence-electron chi connectivity index (χ3n) is 26.3. The van der Waals surface area contributed by atoms with Crippen LogP contribution in [0.5, 0.6) is 0 Å². The number of rotatable bonds is 16. The average Bonchev–Trinajstić information content (AvgIpc) is 0.901. The largest absolute Gasteiger partial charge is 0.212 e. The molecule has 1 aliphatic rings. The summed E-state index contributed by atoms with van der Waals surface area (Å²) in [6.45, 7) is 51.8. The number of nitrogens with zero attached hydrogens (tertiary/aromatic N) is 5. The van der Waals surface area contributed by atoms with Crippen LogP contribution in [0.3, 0.4) is 0 Å². The monoisotopic (exact) mass is 1720 g/mol. The Labute approximate surface area is 783 Å². The van der Waals surface area contributed by atoms with E-state index in [1.165, 1.54) is 232 Å². The van der Waals surface area contributed by atoms with E-state index in [0.29, 0.717) is 22.7 Å². The molecular weight excluding hydrogens is 1570 g/mol. The molecule has 15 aromatic rings. The summed E-state index contributed by atoms with van der Waals surface area (Å²) >= 11 is 0. The van der Waals surface area contributed by atoms with Gasteiger partial charge in [0.05, 0.1) is 0 Å². The molecule has 0 aliphatic heterocycles. The van der Waals surface area contributed by atoms with Gasteiger partial charge in [-0.15, -0.1) is 0 Å². The predicted octanol–water partition coefficient (Wildman–Crippen LogP) is 30.4. The van der Waals surface area contributed by atoms with Crippen LogP contribution in [0.4, 0.5) is 0 Å². The minimum Gasteiger partial charge on any atom is -0.201 e. The van der Waals surface area contributed by atoms with Crippen LogP contribution in [0.1, 0.15) is 207 Å². The molecule has 130 heavy (non-hydrogen) atoms. The minimum atomic E-state index is 0.291. The Hall–Kier alpha value is -12.1. The summed E-state index contributed by atoms with van der Waals surface area (Å²) in [6.07, 6.45) is 20.4. The highest BCUT2D eigenvalue weighted by atomic mass is 14.9. The topological polar surface area (TPSA) is 19.4 Å². The van der Waals surface area contributed by atoms with Gasteiger partial charge in [-0.1, -0.05) is 276 Å². The maximum Gasteiger partial charge on any atom is 0.212 e. The van der Waals surface area contributed by atoms with Gasteiger partial charge in [-0.05, 0) is 309 Å². The van der Waals surface area contributed by atoms with E-state index in [9.17, 15) is 0 Å². The first-order chi connectivity index (χ1) is 61.8. The van der Waals surface area contributed by atoms with E-state index in [4.69, 9.17) is 0 Å². The number of benzene rings is 10. The first-order valence-corrected chi connectivity index (χ1v) is 47.6. The lowest BCUT2D eigenvalue weighted by atomic mass is 9.86. The van der Waals surface area contributed by atoms with Crippen molar-refractivity contribution in [1.82, 2.24) is 0 Å². The van der Waals surface area contributed by atoms with Crippen LogP contribution in [0.15, 0.2) is 286 Å². The van der Waals surface area contributed by atoms with Gasteiger partial charge in [0, 0.05) is 86.0 Å². The van der Waals surface area contributed by atoms with Crippen molar-refractivity contribution >= 4 is 0 Å². The zero-order valence-corrected chi connectivity index (χ0v) is 84.1. The molecule has 1 fully saturated rings. The van der Waals surface area contributed by atoms with Gasteiger partial charge in [0.1, 0.15) is 35.2 Å². The summed E-state index contributed by atoms with van der Waals surface area (Å²) in [6, 6.07) is 92.7. The normalized spacial score (nSPS) is 12.1. The third-order valence-corrected chi connectivity index (χ3v) is 26.3. The SMILES string of the molecule is Cc1cc(-c2cc(-c3ccccc3)c(C)cc2C)[n+](C)cc1CC(C)(C)C.Cc1cc(-c2cc(-c3ccccc3)c(C)cc2C)[n+](C)cc1CC(C)C.Cc1cc(-c2cc(-c3ccccc3)ccc2C)[n+](C)cc1CC(C)(C)C.Cc1cc(C)c(-c2cc(C)c(C(C)C)c[n+]2C)cc1-c1ccccc1.Cc1ccc(-c2ccccc2)cc1-c1cc(C)c(C2CCCC2)c[n+]1C. The molecule has 0 unspecified atom stereocenters. The highest BCUT2D eigenvalue weighted by molar-refractivity contribution is 5.80. The lowest BCUT2D eigenvalue weighted by Crippen LogP contribution is -2.32. The zero-order valence-electron chi connectivity index (χ0n) is 84.1. The van der Waals surface area contributed by atoms with Crippen molar-refractivity contribution in [2.45, 2.75) is 216 Å². The Morgan fingerprint density at radius 2 is 0.531 bits per heavy atom. The molecule has 0 radical (unpaired) electrons. The van der Waals surface area contributed by atoms with Gasteiger partial charge in [0.25, 0.3) is 0 Å². The summed E-state index contributed by atoms with van der Waals surface area (Å²) < 4.78 is 11.5. The molecule has 0 amide bonds. The van der Waals surface area contributed by atoms with Crippen molar-refractivity contribution < 1.29 is 22.8 Å². The summed E-state index contributed by atoms with van der Waals surface area (Å²) in [5.41, 5.74) is 51.2. The Balaban J connectivity index is 0.000000147. The lowest BCUT2D eigenvalue weighted by Gasteiger charge is -2.19. The smallest absolute Gasteiger partial charge is 0.201 e. The summed E-state index contributed by atoms with van der Waals surface area (Å²) in [7, 11) is 10.8. The van der Waals surface area contributed by atoms with Crippen LogP contribution in [-0.4, -0.2) is 0 Å². The van der Waals surface area contributed by atoms with E-state index >= 15 is 0 Å². The van der Waals surface area contributed by atoms with Gasteiger partial charge in [-0.25, -0.2) is 22.8 Å². The van der Waals surface area contributed by atoms with E-state index in [0.717, 1.165) is 25.2 Å². The molecule has 16 rings (SSSR count). The van der Waals surface area contributed by atoms with E-state index in [1.54, 1.807) is 5.56 Å². The van der Waals surface area contributed by atoms with Crippen LogP contribution in [0.2, 0.25) is 0 Å². The van der Waals surface area contributed by atoms with Crippen molar-refractivity contribution in [2.75, 3.05) is 0 Å². The number of aryl methyl sites for hydroxylation is 18. The Morgan fingerprint density at radius 1 is 0.254 bits per heavy atom. The molecule has 0 atom stereocenters. The van der Waals surface area contributed by atoms with Gasteiger partial charge in [-0.2, -0.15) is 0 Å². The first-order valence-electron chi connectivity index (χ1n) is 47.6. The fourth-order valence-electron chi connectivity index (χ4n) is 19.3. The van der Waals surface area contributed by atoms with Gasteiger partial charge >= 0.3 is 0 Å². The fourth-order valence-corrected chi connectivity index (χ4v) is 19.3. The third kappa shape index (κ3) is 24.3. The van der Waals surface area contributed by atoms with Crippen LogP contribution < -0.4 is 22.8 Å². The molecule has 10 aromatic carbocycles.